The van der Waals surface area contributed by atoms with Crippen molar-refractivity contribution in [1.29, 1.82) is 0 Å². The summed E-state index contributed by atoms with van der Waals surface area (Å²) in [6.07, 6.45) is 6.29. The predicted molar refractivity (Wildman–Crippen MR) is 105 cm³/mol. The first kappa shape index (κ1) is 19.4. The van der Waals surface area contributed by atoms with Crippen LogP contribution in [0, 0.1) is 12.3 Å². The Morgan fingerprint density at radius 1 is 1.30 bits per heavy atom. The normalized spacial score (nSPS) is 15.6. The van der Waals surface area contributed by atoms with Crippen LogP contribution >= 0.6 is 0 Å². The number of hydrogen-bond acceptors (Lipinski definition) is 3. The van der Waals surface area contributed by atoms with Crippen LogP contribution in [0.2, 0.25) is 0 Å². The predicted octanol–water partition coefficient (Wildman–Crippen LogP) is 2.92. The Morgan fingerprint density at radius 3 is 2.74 bits per heavy atom. The van der Waals surface area contributed by atoms with Crippen molar-refractivity contribution in [3.05, 3.63) is 41.0 Å². The summed E-state index contributed by atoms with van der Waals surface area (Å²) in [5, 5.41) is 7.09. The fraction of sp³-hybridized carbons (Fsp3) is 0.571. The number of rotatable bonds is 7. The molecular formula is C21H30N4O2. The molecule has 0 radical (unpaired) electrons. The molecule has 0 atom stereocenters. The summed E-state index contributed by atoms with van der Waals surface area (Å²) in [6, 6.07) is 1.86. The van der Waals surface area contributed by atoms with E-state index in [4.69, 9.17) is 0 Å². The molecule has 1 aliphatic carbocycles. The zero-order valence-electron chi connectivity index (χ0n) is 16.8. The van der Waals surface area contributed by atoms with Crippen molar-refractivity contribution in [3.63, 3.8) is 0 Å². The van der Waals surface area contributed by atoms with E-state index < -0.39 is 0 Å². The molecule has 6 heteroatoms. The standard InChI is InChI=1S/C21H30N4O2/c1-5-9-25-15(2)16(20-17(25)13-21(3,4)14-18(20)26)12-19(27)22-8-11-24-10-6-7-23-24/h6-7,10H,5,8-9,11-14H2,1-4H3,(H,22,27). The number of nitrogens with one attached hydrogen (secondary N) is 1. The van der Waals surface area contributed by atoms with Gasteiger partial charge in [0, 0.05) is 48.9 Å². The van der Waals surface area contributed by atoms with E-state index in [-0.39, 0.29) is 23.5 Å². The highest BCUT2D eigenvalue weighted by molar-refractivity contribution is 6.01. The van der Waals surface area contributed by atoms with E-state index >= 15 is 0 Å². The minimum absolute atomic E-state index is 0.0241. The molecule has 0 saturated heterocycles. The number of ketones is 1. The number of hydrogen-bond donors (Lipinski definition) is 1. The molecule has 2 heterocycles. The molecule has 1 amide bonds. The first-order chi connectivity index (χ1) is 12.8. The Balaban J connectivity index is 1.78. The Labute approximate surface area is 160 Å². The Kier molecular flexibility index (Phi) is 5.53. The third kappa shape index (κ3) is 4.15. The lowest BCUT2D eigenvalue weighted by Gasteiger charge is -2.30. The van der Waals surface area contributed by atoms with Crippen LogP contribution in [0.25, 0.3) is 0 Å². The third-order valence-corrected chi connectivity index (χ3v) is 5.33. The second kappa shape index (κ2) is 7.71. The van der Waals surface area contributed by atoms with Crippen molar-refractivity contribution in [2.75, 3.05) is 6.54 Å². The molecule has 1 aliphatic rings. The van der Waals surface area contributed by atoms with Crippen LogP contribution in [-0.2, 0) is 30.7 Å². The van der Waals surface area contributed by atoms with E-state index in [0.29, 0.717) is 19.5 Å². The number of aromatic nitrogens is 3. The van der Waals surface area contributed by atoms with Crippen molar-refractivity contribution in [2.24, 2.45) is 5.41 Å². The summed E-state index contributed by atoms with van der Waals surface area (Å²) in [6.45, 7) is 10.5. The molecule has 3 rings (SSSR count). The van der Waals surface area contributed by atoms with Gasteiger partial charge in [0.05, 0.1) is 13.0 Å². The lowest BCUT2D eigenvalue weighted by molar-refractivity contribution is -0.120. The zero-order valence-corrected chi connectivity index (χ0v) is 16.8. The van der Waals surface area contributed by atoms with E-state index in [0.717, 1.165) is 41.9 Å². The topological polar surface area (TPSA) is 68.9 Å². The highest BCUT2D eigenvalue weighted by Crippen LogP contribution is 2.38. The maximum Gasteiger partial charge on any atom is 0.224 e. The van der Waals surface area contributed by atoms with Gasteiger partial charge in [0.2, 0.25) is 5.91 Å². The molecule has 146 valence electrons. The highest BCUT2D eigenvalue weighted by atomic mass is 16.1. The molecule has 0 spiro atoms. The molecule has 2 aromatic heterocycles. The van der Waals surface area contributed by atoms with E-state index in [2.05, 4.69) is 35.8 Å². The summed E-state index contributed by atoms with van der Waals surface area (Å²) in [5.41, 5.74) is 3.88. The second-order valence-corrected chi connectivity index (χ2v) is 8.27. The third-order valence-electron chi connectivity index (χ3n) is 5.33. The van der Waals surface area contributed by atoms with Crippen LogP contribution in [0.5, 0.6) is 0 Å². The SMILES string of the molecule is CCCn1c(C)c(CC(=O)NCCn2cccn2)c2c1CC(C)(C)CC2=O. The molecule has 2 aromatic rings. The average Bonchev–Trinajstić information content (AvgIpc) is 3.17. The molecule has 27 heavy (non-hydrogen) atoms. The Bertz CT molecular complexity index is 831. The van der Waals surface area contributed by atoms with Crippen molar-refractivity contribution < 1.29 is 9.59 Å². The number of amides is 1. The molecule has 0 unspecified atom stereocenters. The molecular weight excluding hydrogens is 340 g/mol. The first-order valence-electron chi connectivity index (χ1n) is 9.80. The van der Waals surface area contributed by atoms with E-state index in [1.807, 2.05) is 19.2 Å². The summed E-state index contributed by atoms with van der Waals surface area (Å²) < 4.78 is 4.05. The van der Waals surface area contributed by atoms with Gasteiger partial charge in [-0.3, -0.25) is 14.3 Å². The Hall–Kier alpha value is -2.37. The molecule has 0 aromatic carbocycles. The van der Waals surface area contributed by atoms with Gasteiger partial charge in [-0.1, -0.05) is 20.8 Å². The van der Waals surface area contributed by atoms with Gasteiger partial charge < -0.3 is 9.88 Å². The number of Topliss-reactive ketones (excluding diaryl/α,β-unsaturated/α-hetero) is 1. The molecule has 1 N–H and O–H groups in total. The molecule has 0 saturated carbocycles. The van der Waals surface area contributed by atoms with Gasteiger partial charge in [-0.25, -0.2) is 0 Å². The highest BCUT2D eigenvalue weighted by Gasteiger charge is 2.36. The second-order valence-electron chi connectivity index (χ2n) is 8.27. The van der Waals surface area contributed by atoms with Crippen molar-refractivity contribution in [2.45, 2.75) is 66.5 Å². The number of carbonyl (C=O) groups is 2. The lowest BCUT2D eigenvalue weighted by atomic mass is 9.75. The van der Waals surface area contributed by atoms with E-state index in [1.165, 1.54) is 0 Å². The summed E-state index contributed by atoms with van der Waals surface area (Å²) in [7, 11) is 0. The monoisotopic (exact) mass is 370 g/mol. The minimum Gasteiger partial charge on any atom is -0.354 e. The molecule has 0 fully saturated rings. The number of nitrogens with zero attached hydrogens (tertiary/aromatic N) is 3. The van der Waals surface area contributed by atoms with Crippen LogP contribution < -0.4 is 5.32 Å². The number of fused-ring (bicyclic) bond motifs is 1. The van der Waals surface area contributed by atoms with Crippen LogP contribution in [0.1, 0.15) is 60.9 Å². The summed E-state index contributed by atoms with van der Waals surface area (Å²) in [4.78, 5) is 25.4. The van der Waals surface area contributed by atoms with Crippen LogP contribution in [0.15, 0.2) is 18.5 Å². The first-order valence-corrected chi connectivity index (χ1v) is 9.80. The van der Waals surface area contributed by atoms with Crippen LogP contribution in [0.4, 0.5) is 0 Å². The van der Waals surface area contributed by atoms with Crippen molar-refractivity contribution >= 4 is 11.7 Å². The fourth-order valence-corrected chi connectivity index (χ4v) is 4.12. The Morgan fingerprint density at radius 2 is 2.07 bits per heavy atom. The quantitative estimate of drug-likeness (QED) is 0.815. The molecule has 0 bridgehead atoms. The minimum atomic E-state index is -0.0423. The zero-order chi connectivity index (χ0) is 19.6. The maximum absolute atomic E-state index is 12.9. The molecule has 6 nitrogen and oxygen atoms in total. The van der Waals surface area contributed by atoms with Gasteiger partial charge in [-0.05, 0) is 36.8 Å². The molecule has 0 aliphatic heterocycles. The smallest absolute Gasteiger partial charge is 0.224 e. The van der Waals surface area contributed by atoms with Gasteiger partial charge in [-0.15, -0.1) is 0 Å². The van der Waals surface area contributed by atoms with E-state index in [1.54, 1.807) is 10.9 Å². The summed E-state index contributed by atoms with van der Waals surface area (Å²) in [5.74, 6) is 0.137. The largest absolute Gasteiger partial charge is 0.354 e. The van der Waals surface area contributed by atoms with Gasteiger partial charge in [-0.2, -0.15) is 5.10 Å². The van der Waals surface area contributed by atoms with Gasteiger partial charge in [0.15, 0.2) is 5.78 Å². The van der Waals surface area contributed by atoms with Crippen LogP contribution in [-0.4, -0.2) is 32.6 Å². The van der Waals surface area contributed by atoms with Crippen molar-refractivity contribution in [3.8, 4) is 0 Å². The van der Waals surface area contributed by atoms with Crippen LogP contribution in [0.3, 0.4) is 0 Å². The average molecular weight is 370 g/mol. The van der Waals surface area contributed by atoms with E-state index in [9.17, 15) is 9.59 Å². The lowest BCUT2D eigenvalue weighted by Crippen LogP contribution is -2.30. The van der Waals surface area contributed by atoms with Gasteiger partial charge >= 0.3 is 0 Å². The van der Waals surface area contributed by atoms with Gasteiger partial charge in [0.1, 0.15) is 0 Å². The number of carbonyl (C=O) groups excluding carboxylic acids is 2. The van der Waals surface area contributed by atoms with Crippen molar-refractivity contribution in [1.82, 2.24) is 19.7 Å². The fourth-order valence-electron chi connectivity index (χ4n) is 4.12. The summed E-state index contributed by atoms with van der Waals surface area (Å²) >= 11 is 0. The maximum atomic E-state index is 12.9. The van der Waals surface area contributed by atoms with Gasteiger partial charge in [0.25, 0.3) is 0 Å².